The van der Waals surface area contributed by atoms with E-state index < -0.39 is 0 Å². The molecule has 0 radical (unpaired) electrons. The molecule has 0 aliphatic heterocycles. The summed E-state index contributed by atoms with van der Waals surface area (Å²) in [5.41, 5.74) is 11.1. The molecule has 0 fully saturated rings. The summed E-state index contributed by atoms with van der Waals surface area (Å²) in [6.45, 7) is 0. The van der Waals surface area contributed by atoms with Crippen LogP contribution in [0.1, 0.15) is 0 Å². The highest BCUT2D eigenvalue weighted by Crippen LogP contribution is 2.40. The zero-order valence-electron chi connectivity index (χ0n) is 23.9. The number of fused-ring (bicyclic) bond motifs is 6. The van der Waals surface area contributed by atoms with Gasteiger partial charge in [0.05, 0.1) is 11.0 Å². The maximum Gasteiger partial charge on any atom is 0.0547 e. The summed E-state index contributed by atoms with van der Waals surface area (Å²) >= 11 is 1.88. The minimum absolute atomic E-state index is 1.17. The maximum absolute atomic E-state index is 2.40. The molecule has 1 nitrogen and oxygen atoms in total. The van der Waals surface area contributed by atoms with Gasteiger partial charge in [-0.05, 0) is 63.7 Å². The van der Waals surface area contributed by atoms with E-state index in [4.69, 9.17) is 0 Å². The Labute approximate surface area is 259 Å². The molecule has 2 heterocycles. The summed E-state index contributed by atoms with van der Waals surface area (Å²) in [7, 11) is 0. The Hall–Kier alpha value is -5.44. The Morgan fingerprint density at radius 2 is 0.955 bits per heavy atom. The second-order valence-electron chi connectivity index (χ2n) is 11.4. The second-order valence-corrected chi connectivity index (χ2v) is 12.4. The lowest BCUT2D eigenvalue weighted by molar-refractivity contribution is 1.18. The van der Waals surface area contributed by atoms with Crippen LogP contribution in [0.3, 0.4) is 0 Å². The lowest BCUT2D eigenvalue weighted by Crippen LogP contribution is -1.94. The molecule has 7 aromatic carbocycles. The number of rotatable bonds is 4. The van der Waals surface area contributed by atoms with Crippen molar-refractivity contribution in [3.8, 4) is 39.1 Å². The molecule has 2 heteroatoms. The summed E-state index contributed by atoms with van der Waals surface area (Å²) in [6, 6.07) is 59.6. The van der Waals surface area contributed by atoms with E-state index in [2.05, 4.69) is 168 Å². The van der Waals surface area contributed by atoms with Crippen molar-refractivity contribution in [2.45, 2.75) is 0 Å². The minimum Gasteiger partial charge on any atom is -0.309 e. The Morgan fingerprint density at radius 3 is 1.77 bits per heavy atom. The van der Waals surface area contributed by atoms with E-state index in [0.29, 0.717) is 0 Å². The van der Waals surface area contributed by atoms with Crippen molar-refractivity contribution in [1.82, 2.24) is 4.57 Å². The van der Waals surface area contributed by atoms with E-state index in [1.165, 1.54) is 81.0 Å². The van der Waals surface area contributed by atoms with Gasteiger partial charge in [0, 0.05) is 36.6 Å². The van der Waals surface area contributed by atoms with Crippen molar-refractivity contribution in [2.75, 3.05) is 0 Å². The van der Waals surface area contributed by atoms with Gasteiger partial charge < -0.3 is 4.57 Å². The van der Waals surface area contributed by atoms with Gasteiger partial charge in [0.25, 0.3) is 0 Å². The van der Waals surface area contributed by atoms with E-state index in [1.54, 1.807) is 0 Å². The van der Waals surface area contributed by atoms with Gasteiger partial charge in [-0.1, -0.05) is 133 Å². The highest BCUT2D eigenvalue weighted by Gasteiger charge is 2.14. The van der Waals surface area contributed by atoms with E-state index in [-0.39, 0.29) is 0 Å². The molecule has 0 saturated heterocycles. The Balaban J connectivity index is 1.10. The zero-order chi connectivity index (χ0) is 29.0. The first-order chi connectivity index (χ1) is 21.8. The number of nitrogens with zero attached hydrogens (tertiary/aromatic N) is 1. The van der Waals surface area contributed by atoms with Gasteiger partial charge in [-0.3, -0.25) is 0 Å². The van der Waals surface area contributed by atoms with E-state index in [9.17, 15) is 0 Å². The standard InChI is InChI=1S/C42H27NS/c1-2-9-28(10-3-1)32-23-26-36-35-11-4-6-15-39(35)43(40(36)27-32)33-24-21-30(22-25-33)29-17-19-31(20-18-29)34-13-8-14-38-37-12-5-7-16-41(37)44-42(34)38/h1-27H. The molecule has 9 aromatic rings. The molecule has 0 spiro atoms. The Bertz CT molecular complexity index is 2460. The Kier molecular flexibility index (Phi) is 5.75. The summed E-state index contributed by atoms with van der Waals surface area (Å²) in [6.07, 6.45) is 0. The third-order valence-electron chi connectivity index (χ3n) is 8.84. The second kappa shape index (κ2) is 10.1. The lowest BCUT2D eigenvalue weighted by Gasteiger charge is -2.11. The van der Waals surface area contributed by atoms with Crippen LogP contribution in [0.5, 0.6) is 0 Å². The average Bonchev–Trinajstić information content (AvgIpc) is 3.64. The topological polar surface area (TPSA) is 4.93 Å². The van der Waals surface area contributed by atoms with Gasteiger partial charge in [-0.15, -0.1) is 11.3 Å². The first-order valence-electron chi connectivity index (χ1n) is 15.0. The lowest BCUT2D eigenvalue weighted by atomic mass is 9.99. The molecular weight excluding hydrogens is 551 g/mol. The predicted molar refractivity (Wildman–Crippen MR) is 190 cm³/mol. The molecule has 0 unspecified atom stereocenters. The van der Waals surface area contributed by atoms with Gasteiger partial charge >= 0.3 is 0 Å². The van der Waals surface area contributed by atoms with Crippen molar-refractivity contribution >= 4 is 53.3 Å². The first-order valence-corrected chi connectivity index (χ1v) is 15.8. The normalized spacial score (nSPS) is 11.6. The molecule has 0 bridgehead atoms. The largest absolute Gasteiger partial charge is 0.309 e. The van der Waals surface area contributed by atoms with Crippen LogP contribution >= 0.6 is 11.3 Å². The molecule has 206 valence electrons. The van der Waals surface area contributed by atoms with Crippen molar-refractivity contribution in [3.05, 3.63) is 164 Å². The summed E-state index contributed by atoms with van der Waals surface area (Å²) in [5, 5.41) is 5.22. The average molecular weight is 578 g/mol. The minimum atomic E-state index is 1.17. The van der Waals surface area contributed by atoms with Crippen LogP contribution in [0.2, 0.25) is 0 Å². The zero-order valence-corrected chi connectivity index (χ0v) is 24.8. The molecule has 9 rings (SSSR count). The van der Waals surface area contributed by atoms with Gasteiger partial charge in [0.2, 0.25) is 0 Å². The monoisotopic (exact) mass is 577 g/mol. The van der Waals surface area contributed by atoms with Crippen molar-refractivity contribution in [2.24, 2.45) is 0 Å². The first kappa shape index (κ1) is 25.1. The predicted octanol–water partition coefficient (Wildman–Crippen LogP) is 12.2. The van der Waals surface area contributed by atoms with Crippen molar-refractivity contribution in [1.29, 1.82) is 0 Å². The maximum atomic E-state index is 2.40. The number of aromatic nitrogens is 1. The van der Waals surface area contributed by atoms with Crippen LogP contribution in [0, 0.1) is 0 Å². The molecule has 0 atom stereocenters. The van der Waals surface area contributed by atoms with E-state index in [0.717, 1.165) is 0 Å². The van der Waals surface area contributed by atoms with Crippen LogP contribution in [0.15, 0.2) is 164 Å². The molecule has 2 aromatic heterocycles. The number of para-hydroxylation sites is 1. The van der Waals surface area contributed by atoms with E-state index >= 15 is 0 Å². The number of hydrogen-bond donors (Lipinski definition) is 0. The molecule has 44 heavy (non-hydrogen) atoms. The molecule has 0 aliphatic carbocycles. The molecule has 0 N–H and O–H groups in total. The number of hydrogen-bond acceptors (Lipinski definition) is 1. The van der Waals surface area contributed by atoms with Crippen LogP contribution in [-0.2, 0) is 0 Å². The molecule has 0 saturated carbocycles. The van der Waals surface area contributed by atoms with Crippen LogP contribution in [0.25, 0.3) is 81.0 Å². The number of thiophene rings is 1. The van der Waals surface area contributed by atoms with Crippen LogP contribution in [0.4, 0.5) is 0 Å². The molecular formula is C42H27NS. The third kappa shape index (κ3) is 4.00. The smallest absolute Gasteiger partial charge is 0.0547 e. The summed E-state index contributed by atoms with van der Waals surface area (Å²) in [5.74, 6) is 0. The van der Waals surface area contributed by atoms with E-state index in [1.807, 2.05) is 11.3 Å². The highest BCUT2D eigenvalue weighted by molar-refractivity contribution is 7.26. The Morgan fingerprint density at radius 1 is 0.364 bits per heavy atom. The fraction of sp³-hybridized carbons (Fsp3) is 0. The SMILES string of the molecule is c1ccc(-c2ccc3c4ccccc4n(-c4ccc(-c5ccc(-c6cccc7c6sc6ccccc67)cc5)cc4)c3c2)cc1. The van der Waals surface area contributed by atoms with Gasteiger partial charge in [0.15, 0.2) is 0 Å². The van der Waals surface area contributed by atoms with Gasteiger partial charge in [0.1, 0.15) is 0 Å². The van der Waals surface area contributed by atoms with Crippen LogP contribution < -0.4 is 0 Å². The third-order valence-corrected chi connectivity index (χ3v) is 10.1. The van der Waals surface area contributed by atoms with Crippen LogP contribution in [-0.4, -0.2) is 4.57 Å². The molecule has 0 amide bonds. The fourth-order valence-corrected chi connectivity index (χ4v) is 7.92. The van der Waals surface area contributed by atoms with Crippen molar-refractivity contribution < 1.29 is 0 Å². The van der Waals surface area contributed by atoms with Crippen molar-refractivity contribution in [3.63, 3.8) is 0 Å². The number of benzene rings is 7. The summed E-state index contributed by atoms with van der Waals surface area (Å²) < 4.78 is 5.09. The molecule has 0 aliphatic rings. The highest BCUT2D eigenvalue weighted by atomic mass is 32.1. The summed E-state index contributed by atoms with van der Waals surface area (Å²) in [4.78, 5) is 0. The fourth-order valence-electron chi connectivity index (χ4n) is 6.68. The van der Waals surface area contributed by atoms with Gasteiger partial charge in [-0.2, -0.15) is 0 Å². The van der Waals surface area contributed by atoms with Gasteiger partial charge in [-0.25, -0.2) is 0 Å². The quantitative estimate of drug-likeness (QED) is 0.196.